The van der Waals surface area contributed by atoms with Crippen LogP contribution in [0.3, 0.4) is 0 Å². The largest absolute Gasteiger partial charge is 1.00 e. The van der Waals surface area contributed by atoms with Crippen molar-refractivity contribution in [3.8, 4) is 11.5 Å². The number of aromatic hydroxyl groups is 2. The molecule has 0 saturated heterocycles. The SMILES string of the molecule is NC(=O)c1ccccc1O.O=C(O)c1ccccc1O.[H-].[H-].[Na+].[Na+]. The summed E-state index contributed by atoms with van der Waals surface area (Å²) in [5.74, 6) is -2.00. The molecule has 0 aliphatic rings. The zero-order valence-electron chi connectivity index (χ0n) is 14.4. The van der Waals surface area contributed by atoms with Crippen LogP contribution in [0.2, 0.25) is 0 Å². The van der Waals surface area contributed by atoms with E-state index in [1.54, 1.807) is 24.3 Å². The van der Waals surface area contributed by atoms with Crippen molar-refractivity contribution in [1.82, 2.24) is 0 Å². The number of hydrogen-bond donors (Lipinski definition) is 4. The topological polar surface area (TPSA) is 121 Å². The first-order chi connectivity index (χ1) is 9.43. The van der Waals surface area contributed by atoms with Crippen molar-refractivity contribution in [3.63, 3.8) is 0 Å². The normalized spacial score (nSPS) is 8.36. The van der Waals surface area contributed by atoms with Crippen molar-refractivity contribution in [2.45, 2.75) is 0 Å². The molecule has 0 aliphatic carbocycles. The number of rotatable bonds is 2. The number of carbonyl (C=O) groups is 2. The van der Waals surface area contributed by atoms with Crippen LogP contribution in [0, 0.1) is 0 Å². The Kier molecular flexibility index (Phi) is 12.2. The van der Waals surface area contributed by atoms with Gasteiger partial charge in [0.15, 0.2) is 0 Å². The average molecular weight is 323 g/mol. The molecule has 0 atom stereocenters. The second-order valence-corrected chi connectivity index (χ2v) is 3.70. The summed E-state index contributed by atoms with van der Waals surface area (Å²) in [5, 5.41) is 26.3. The third kappa shape index (κ3) is 7.31. The Bertz CT molecular complexity index is 589. The van der Waals surface area contributed by atoms with E-state index in [2.05, 4.69) is 0 Å². The smallest absolute Gasteiger partial charge is 1.00 e. The number of hydrogen-bond acceptors (Lipinski definition) is 4. The number of para-hydroxylation sites is 2. The van der Waals surface area contributed by atoms with Gasteiger partial charge in [0, 0.05) is 0 Å². The van der Waals surface area contributed by atoms with Gasteiger partial charge in [-0.25, -0.2) is 4.79 Å². The summed E-state index contributed by atoms with van der Waals surface area (Å²) in [6, 6.07) is 12.0. The van der Waals surface area contributed by atoms with Crippen molar-refractivity contribution in [3.05, 3.63) is 59.7 Å². The standard InChI is InChI=1S/C7H7NO2.C7H6O3.2Na.2H/c8-7(10)5-3-1-2-4-6(5)9;8-6-4-2-1-3-5(6)7(9)10;;;;/h1-4,9H,(H2,8,10);1-4,8H,(H,9,10);;;;/q;;2*+1;2*-1. The van der Waals surface area contributed by atoms with Crippen molar-refractivity contribution >= 4 is 11.9 Å². The molecule has 22 heavy (non-hydrogen) atoms. The number of aromatic carboxylic acids is 1. The molecular weight excluding hydrogens is 308 g/mol. The van der Waals surface area contributed by atoms with Gasteiger partial charge in [-0.15, -0.1) is 0 Å². The van der Waals surface area contributed by atoms with Gasteiger partial charge in [0.1, 0.15) is 17.1 Å². The molecule has 0 fully saturated rings. The van der Waals surface area contributed by atoms with Gasteiger partial charge in [0.2, 0.25) is 0 Å². The van der Waals surface area contributed by atoms with Gasteiger partial charge in [-0.2, -0.15) is 0 Å². The molecule has 0 unspecified atom stereocenters. The second-order valence-electron chi connectivity index (χ2n) is 3.70. The van der Waals surface area contributed by atoms with Crippen LogP contribution in [0.25, 0.3) is 0 Å². The third-order valence-corrected chi connectivity index (χ3v) is 2.30. The first kappa shape index (κ1) is 23.2. The Balaban J connectivity index is -0.000000143. The van der Waals surface area contributed by atoms with Crippen LogP contribution in [0.1, 0.15) is 23.6 Å². The molecular formula is C14H15NNa2O5. The molecule has 0 saturated carbocycles. The molecule has 2 aromatic carbocycles. The number of primary amides is 1. The van der Waals surface area contributed by atoms with E-state index in [1.165, 1.54) is 24.3 Å². The predicted molar refractivity (Wildman–Crippen MR) is 73.9 cm³/mol. The van der Waals surface area contributed by atoms with E-state index in [0.717, 1.165) is 0 Å². The summed E-state index contributed by atoms with van der Waals surface area (Å²) in [5.41, 5.74) is 5.00. The van der Waals surface area contributed by atoms with Gasteiger partial charge in [-0.1, -0.05) is 24.3 Å². The van der Waals surface area contributed by atoms with Crippen molar-refractivity contribution in [1.29, 1.82) is 0 Å². The number of carbonyl (C=O) groups excluding carboxylic acids is 1. The van der Waals surface area contributed by atoms with Crippen LogP contribution in [0.15, 0.2) is 48.5 Å². The molecule has 0 bridgehead atoms. The molecule has 0 aromatic heterocycles. The molecule has 0 radical (unpaired) electrons. The summed E-state index contributed by atoms with van der Waals surface area (Å²) in [7, 11) is 0. The molecule has 0 spiro atoms. The predicted octanol–water partition coefficient (Wildman–Crippen LogP) is -4.19. The summed E-state index contributed by atoms with van der Waals surface area (Å²) < 4.78 is 0. The number of amides is 1. The third-order valence-electron chi connectivity index (χ3n) is 2.30. The molecule has 1 amide bonds. The maximum Gasteiger partial charge on any atom is 1.00 e. The van der Waals surface area contributed by atoms with Crippen LogP contribution in [-0.4, -0.2) is 27.2 Å². The van der Waals surface area contributed by atoms with Crippen LogP contribution in [0.5, 0.6) is 11.5 Å². The van der Waals surface area contributed by atoms with Gasteiger partial charge < -0.3 is 23.9 Å². The van der Waals surface area contributed by atoms with Gasteiger partial charge in [-0.05, 0) is 24.3 Å². The van der Waals surface area contributed by atoms with E-state index in [1.807, 2.05) is 0 Å². The van der Waals surface area contributed by atoms with E-state index in [0.29, 0.717) is 0 Å². The number of carboxylic acids is 1. The zero-order valence-corrected chi connectivity index (χ0v) is 16.4. The second kappa shape index (κ2) is 11.5. The molecule has 2 rings (SSSR count). The molecule has 0 aliphatic heterocycles. The monoisotopic (exact) mass is 323 g/mol. The number of benzene rings is 2. The summed E-state index contributed by atoms with van der Waals surface area (Å²) in [4.78, 5) is 20.7. The zero-order chi connectivity index (χ0) is 15.1. The minimum Gasteiger partial charge on any atom is -1.00 e. The van der Waals surface area contributed by atoms with Gasteiger partial charge in [0.05, 0.1) is 5.56 Å². The number of nitrogens with two attached hydrogens (primary N) is 1. The van der Waals surface area contributed by atoms with E-state index < -0.39 is 11.9 Å². The van der Waals surface area contributed by atoms with Crippen LogP contribution >= 0.6 is 0 Å². The fraction of sp³-hybridized carbons (Fsp3) is 0. The first-order valence-corrected chi connectivity index (χ1v) is 5.52. The summed E-state index contributed by atoms with van der Waals surface area (Å²) >= 11 is 0. The molecule has 6 nitrogen and oxygen atoms in total. The maximum absolute atomic E-state index is 10.5. The maximum atomic E-state index is 10.5. The quantitative estimate of drug-likeness (QED) is 0.418. The van der Waals surface area contributed by atoms with E-state index >= 15 is 0 Å². The molecule has 8 heteroatoms. The Labute approximate surface area is 174 Å². The van der Waals surface area contributed by atoms with Crippen LogP contribution in [-0.2, 0) is 0 Å². The fourth-order valence-corrected chi connectivity index (χ4v) is 1.34. The minimum atomic E-state index is -1.11. The summed E-state index contributed by atoms with van der Waals surface area (Å²) in [6.45, 7) is 0. The van der Waals surface area contributed by atoms with E-state index in [4.69, 9.17) is 21.1 Å². The van der Waals surface area contributed by atoms with Crippen LogP contribution in [0.4, 0.5) is 0 Å². The van der Waals surface area contributed by atoms with Gasteiger partial charge in [0.25, 0.3) is 5.91 Å². The van der Waals surface area contributed by atoms with Gasteiger partial charge >= 0.3 is 65.1 Å². The van der Waals surface area contributed by atoms with Crippen molar-refractivity contribution < 1.29 is 86.9 Å². The Morgan fingerprint density at radius 1 is 0.818 bits per heavy atom. The molecule has 0 heterocycles. The minimum absolute atomic E-state index is 0. The van der Waals surface area contributed by atoms with E-state index in [9.17, 15) is 9.59 Å². The Hall–Kier alpha value is -1.02. The Morgan fingerprint density at radius 2 is 1.18 bits per heavy atom. The summed E-state index contributed by atoms with van der Waals surface area (Å²) in [6.07, 6.45) is 0. The van der Waals surface area contributed by atoms with Crippen molar-refractivity contribution in [2.75, 3.05) is 0 Å². The fourth-order valence-electron chi connectivity index (χ4n) is 1.34. The number of phenols is 2. The number of carboxylic acid groups (broad SMARTS) is 1. The molecule has 5 N–H and O–H groups in total. The molecule has 2 aromatic rings. The van der Waals surface area contributed by atoms with Crippen molar-refractivity contribution in [2.24, 2.45) is 5.73 Å². The first-order valence-electron chi connectivity index (χ1n) is 5.52. The van der Waals surface area contributed by atoms with Crippen LogP contribution < -0.4 is 64.8 Å². The van der Waals surface area contributed by atoms with E-state index in [-0.39, 0.29) is 84.6 Å². The Morgan fingerprint density at radius 3 is 1.41 bits per heavy atom. The van der Waals surface area contributed by atoms with Gasteiger partial charge in [-0.3, -0.25) is 4.79 Å². The average Bonchev–Trinajstić information content (AvgIpc) is 2.40. The molecule has 108 valence electrons.